The molecule has 0 radical (unpaired) electrons. The predicted molar refractivity (Wildman–Crippen MR) is 93.3 cm³/mol. The van der Waals surface area contributed by atoms with Gasteiger partial charge in [0.1, 0.15) is 0 Å². The van der Waals surface area contributed by atoms with E-state index in [9.17, 15) is 9.59 Å². The Morgan fingerprint density at radius 3 is 2.64 bits per heavy atom. The average Bonchev–Trinajstić information content (AvgIpc) is 3.18. The average molecular weight is 346 g/mol. The van der Waals surface area contributed by atoms with Crippen LogP contribution in [-0.4, -0.2) is 42.6 Å². The zero-order valence-corrected chi connectivity index (χ0v) is 14.9. The summed E-state index contributed by atoms with van der Waals surface area (Å²) in [5.74, 6) is 0.510. The summed E-state index contributed by atoms with van der Waals surface area (Å²) >= 11 is 0. The lowest BCUT2D eigenvalue weighted by Crippen LogP contribution is -2.29. The van der Waals surface area contributed by atoms with Crippen molar-refractivity contribution in [3.63, 3.8) is 0 Å². The van der Waals surface area contributed by atoms with Crippen LogP contribution in [0.5, 0.6) is 0 Å². The summed E-state index contributed by atoms with van der Waals surface area (Å²) in [6.07, 6.45) is 1.58. The molecule has 3 heterocycles. The third-order valence-electron chi connectivity index (χ3n) is 4.25. The Hall–Kier alpha value is -2.68. The number of aryl methyl sites for hydroxylation is 3. The quantitative estimate of drug-likeness (QED) is 0.695. The molecule has 0 spiro atoms. The highest BCUT2D eigenvalue weighted by Gasteiger charge is 2.20. The SMILES string of the molecule is CCc1cc(CC)n(-c2nc3c(c(=O)[nH]c(=O)n3C)n2CCOC)n1. The minimum Gasteiger partial charge on any atom is -0.383 e. The predicted octanol–water partition coefficient (Wildman–Crippen LogP) is 0.380. The second-order valence-electron chi connectivity index (χ2n) is 5.79. The molecule has 0 atom stereocenters. The van der Waals surface area contributed by atoms with Gasteiger partial charge in [0.05, 0.1) is 12.3 Å². The number of nitrogens with zero attached hydrogens (tertiary/aromatic N) is 5. The molecular formula is C16H22N6O3. The Kier molecular flexibility index (Phi) is 4.58. The van der Waals surface area contributed by atoms with Crippen LogP contribution in [0.2, 0.25) is 0 Å². The fourth-order valence-electron chi connectivity index (χ4n) is 2.85. The molecule has 0 amide bonds. The van der Waals surface area contributed by atoms with Crippen LogP contribution in [0.25, 0.3) is 17.1 Å². The van der Waals surface area contributed by atoms with Crippen LogP contribution in [-0.2, 0) is 31.2 Å². The molecule has 1 N–H and O–H groups in total. The molecule has 134 valence electrons. The van der Waals surface area contributed by atoms with Crippen molar-refractivity contribution in [1.82, 2.24) is 28.9 Å². The van der Waals surface area contributed by atoms with Crippen LogP contribution >= 0.6 is 0 Å². The van der Waals surface area contributed by atoms with E-state index < -0.39 is 11.2 Å². The van der Waals surface area contributed by atoms with E-state index in [0.29, 0.717) is 30.3 Å². The number of rotatable bonds is 6. The number of aromatic nitrogens is 6. The lowest BCUT2D eigenvalue weighted by atomic mass is 10.3. The van der Waals surface area contributed by atoms with E-state index in [0.717, 1.165) is 24.2 Å². The van der Waals surface area contributed by atoms with Crippen molar-refractivity contribution in [2.24, 2.45) is 7.05 Å². The fraction of sp³-hybridized carbons (Fsp3) is 0.500. The van der Waals surface area contributed by atoms with Gasteiger partial charge in [0.2, 0.25) is 5.95 Å². The maximum Gasteiger partial charge on any atom is 0.329 e. The Morgan fingerprint density at radius 1 is 1.24 bits per heavy atom. The largest absolute Gasteiger partial charge is 0.383 e. The lowest BCUT2D eigenvalue weighted by molar-refractivity contribution is 0.188. The van der Waals surface area contributed by atoms with Crippen LogP contribution in [0, 0.1) is 0 Å². The van der Waals surface area contributed by atoms with E-state index in [1.807, 2.05) is 19.9 Å². The highest BCUT2D eigenvalue weighted by molar-refractivity contribution is 5.72. The molecule has 0 saturated carbocycles. The zero-order chi connectivity index (χ0) is 18.1. The van der Waals surface area contributed by atoms with Crippen LogP contribution < -0.4 is 11.2 Å². The van der Waals surface area contributed by atoms with Crippen molar-refractivity contribution in [2.45, 2.75) is 33.2 Å². The topological polar surface area (TPSA) is 99.7 Å². The summed E-state index contributed by atoms with van der Waals surface area (Å²) in [5, 5.41) is 4.61. The van der Waals surface area contributed by atoms with Crippen LogP contribution in [0.3, 0.4) is 0 Å². The number of imidazole rings is 1. The first kappa shape index (κ1) is 17.2. The van der Waals surface area contributed by atoms with Gasteiger partial charge in [-0.15, -0.1) is 0 Å². The minimum absolute atomic E-state index is 0.329. The van der Waals surface area contributed by atoms with Gasteiger partial charge in [-0.1, -0.05) is 13.8 Å². The highest BCUT2D eigenvalue weighted by Crippen LogP contribution is 2.18. The summed E-state index contributed by atoms with van der Waals surface area (Å²) in [4.78, 5) is 31.2. The van der Waals surface area contributed by atoms with Crippen molar-refractivity contribution < 1.29 is 4.74 Å². The monoisotopic (exact) mass is 346 g/mol. The van der Waals surface area contributed by atoms with E-state index in [1.54, 1.807) is 23.4 Å². The van der Waals surface area contributed by atoms with Crippen molar-refractivity contribution in [3.8, 4) is 5.95 Å². The van der Waals surface area contributed by atoms with Crippen LogP contribution in [0.15, 0.2) is 15.7 Å². The maximum absolute atomic E-state index is 12.4. The Morgan fingerprint density at radius 2 is 2.00 bits per heavy atom. The summed E-state index contributed by atoms with van der Waals surface area (Å²) in [5.41, 5.74) is 1.65. The second-order valence-corrected chi connectivity index (χ2v) is 5.79. The molecule has 0 fully saturated rings. The second kappa shape index (κ2) is 6.67. The number of hydrogen-bond donors (Lipinski definition) is 1. The molecule has 0 saturated heterocycles. The van der Waals surface area contributed by atoms with Crippen molar-refractivity contribution >= 4 is 11.2 Å². The molecule has 3 rings (SSSR count). The smallest absolute Gasteiger partial charge is 0.329 e. The van der Waals surface area contributed by atoms with Gasteiger partial charge in [0.15, 0.2) is 11.2 Å². The van der Waals surface area contributed by atoms with Gasteiger partial charge in [-0.05, 0) is 18.9 Å². The van der Waals surface area contributed by atoms with Gasteiger partial charge in [-0.3, -0.25) is 14.3 Å². The first-order valence-electron chi connectivity index (χ1n) is 8.28. The molecule has 3 aromatic rings. The Labute approximate surface area is 143 Å². The number of fused-ring (bicyclic) bond motifs is 1. The number of methoxy groups -OCH3 is 1. The third kappa shape index (κ3) is 2.80. The van der Waals surface area contributed by atoms with Crippen molar-refractivity contribution in [3.05, 3.63) is 38.3 Å². The highest BCUT2D eigenvalue weighted by atomic mass is 16.5. The summed E-state index contributed by atoms with van der Waals surface area (Å²) < 4.78 is 10.0. The normalized spacial score (nSPS) is 11.5. The van der Waals surface area contributed by atoms with Crippen molar-refractivity contribution in [1.29, 1.82) is 0 Å². The molecule has 0 aliphatic heterocycles. The summed E-state index contributed by atoms with van der Waals surface area (Å²) in [6, 6.07) is 2.03. The van der Waals surface area contributed by atoms with Gasteiger partial charge in [-0.25, -0.2) is 9.48 Å². The third-order valence-corrected chi connectivity index (χ3v) is 4.25. The van der Waals surface area contributed by atoms with Gasteiger partial charge >= 0.3 is 5.69 Å². The number of hydrogen-bond acceptors (Lipinski definition) is 5. The van der Waals surface area contributed by atoms with E-state index in [-0.39, 0.29) is 0 Å². The molecular weight excluding hydrogens is 324 g/mol. The van der Waals surface area contributed by atoms with Gasteiger partial charge < -0.3 is 9.30 Å². The molecule has 0 aliphatic rings. The number of ether oxygens (including phenoxy) is 1. The van der Waals surface area contributed by atoms with Crippen LogP contribution in [0.4, 0.5) is 0 Å². The first-order valence-corrected chi connectivity index (χ1v) is 8.28. The number of nitrogens with one attached hydrogen (secondary N) is 1. The van der Waals surface area contributed by atoms with E-state index in [1.165, 1.54) is 4.57 Å². The van der Waals surface area contributed by atoms with Gasteiger partial charge in [0, 0.05) is 26.4 Å². The van der Waals surface area contributed by atoms with Crippen LogP contribution in [0.1, 0.15) is 25.2 Å². The molecule has 0 bridgehead atoms. The molecule has 9 heteroatoms. The van der Waals surface area contributed by atoms with Crippen molar-refractivity contribution in [2.75, 3.05) is 13.7 Å². The molecule has 0 aliphatic carbocycles. The van der Waals surface area contributed by atoms with Gasteiger partial charge in [-0.2, -0.15) is 10.1 Å². The maximum atomic E-state index is 12.4. The first-order chi connectivity index (χ1) is 12.0. The zero-order valence-electron chi connectivity index (χ0n) is 14.9. The summed E-state index contributed by atoms with van der Waals surface area (Å²) in [7, 11) is 3.18. The van der Waals surface area contributed by atoms with E-state index in [2.05, 4.69) is 15.1 Å². The standard InChI is InChI=1S/C16H22N6O3/c1-5-10-9-11(6-2)22(19-10)15-17-13-12(21(15)7-8-25-4)14(23)18-16(24)20(13)3/h9H,5-8H2,1-4H3,(H,18,23,24). The molecule has 3 aromatic heterocycles. The minimum atomic E-state index is -0.495. The molecule has 25 heavy (non-hydrogen) atoms. The molecule has 9 nitrogen and oxygen atoms in total. The Balaban J connectivity index is 2.36. The number of H-pyrrole nitrogens is 1. The number of aromatic amines is 1. The fourth-order valence-corrected chi connectivity index (χ4v) is 2.85. The summed E-state index contributed by atoms with van der Waals surface area (Å²) in [6.45, 7) is 4.91. The van der Waals surface area contributed by atoms with Gasteiger partial charge in [0.25, 0.3) is 5.56 Å². The van der Waals surface area contributed by atoms with E-state index >= 15 is 0 Å². The lowest BCUT2D eigenvalue weighted by Gasteiger charge is -2.09. The molecule has 0 unspecified atom stereocenters. The molecule has 0 aromatic carbocycles. The van der Waals surface area contributed by atoms with E-state index in [4.69, 9.17) is 4.74 Å². The Bertz CT molecular complexity index is 1020.